The van der Waals surface area contributed by atoms with E-state index in [1.54, 1.807) is 12.4 Å². The number of amides is 1. The highest BCUT2D eigenvalue weighted by Crippen LogP contribution is 2.20. The highest BCUT2D eigenvalue weighted by molar-refractivity contribution is 5.90. The smallest absolute Gasteiger partial charge is 0.224 e. The average molecular weight is 396 g/mol. The molecule has 5 nitrogen and oxygen atoms in total. The van der Waals surface area contributed by atoms with Gasteiger partial charge in [0.25, 0.3) is 0 Å². The molecule has 30 heavy (non-hydrogen) atoms. The van der Waals surface area contributed by atoms with Crippen molar-refractivity contribution < 1.29 is 4.79 Å². The summed E-state index contributed by atoms with van der Waals surface area (Å²) in [7, 11) is 0. The molecule has 2 aromatic carbocycles. The number of benzene rings is 2. The van der Waals surface area contributed by atoms with Gasteiger partial charge in [-0.15, -0.1) is 0 Å². The quantitative estimate of drug-likeness (QED) is 0.458. The summed E-state index contributed by atoms with van der Waals surface area (Å²) < 4.78 is 1.96. The summed E-state index contributed by atoms with van der Waals surface area (Å²) in [5, 5.41) is 7.35. The molecule has 0 fully saturated rings. The largest absolute Gasteiger partial charge is 0.325 e. The number of hydrogen-bond acceptors (Lipinski definition) is 3. The first-order valence-electron chi connectivity index (χ1n) is 10.1. The Morgan fingerprint density at radius 2 is 1.70 bits per heavy atom. The molecule has 1 amide bonds. The molecule has 1 N–H and O–H groups in total. The first-order chi connectivity index (χ1) is 14.8. The van der Waals surface area contributed by atoms with E-state index in [0.29, 0.717) is 6.42 Å². The van der Waals surface area contributed by atoms with Gasteiger partial charge in [-0.3, -0.25) is 14.5 Å². The van der Waals surface area contributed by atoms with Gasteiger partial charge < -0.3 is 5.32 Å². The van der Waals surface area contributed by atoms with E-state index < -0.39 is 0 Å². The van der Waals surface area contributed by atoms with E-state index in [-0.39, 0.29) is 5.91 Å². The van der Waals surface area contributed by atoms with Crippen LogP contribution in [0.5, 0.6) is 0 Å². The number of anilines is 1. The lowest BCUT2D eigenvalue weighted by Crippen LogP contribution is -2.11. The zero-order valence-corrected chi connectivity index (χ0v) is 16.7. The van der Waals surface area contributed by atoms with Crippen molar-refractivity contribution in [2.24, 2.45) is 0 Å². The van der Waals surface area contributed by atoms with Gasteiger partial charge in [0.2, 0.25) is 5.91 Å². The maximum absolute atomic E-state index is 12.0. The zero-order chi connectivity index (χ0) is 20.6. The summed E-state index contributed by atoms with van der Waals surface area (Å²) in [5.74, 6) is 0.0189. The minimum absolute atomic E-state index is 0.0189. The van der Waals surface area contributed by atoms with Gasteiger partial charge in [-0.05, 0) is 41.7 Å². The Balaban J connectivity index is 1.27. The van der Waals surface area contributed by atoms with Crippen LogP contribution in [0.4, 0.5) is 5.69 Å². The summed E-state index contributed by atoms with van der Waals surface area (Å²) >= 11 is 0. The highest BCUT2D eigenvalue weighted by atomic mass is 16.1. The number of hydrogen-bond donors (Lipinski definition) is 1. The second-order valence-corrected chi connectivity index (χ2v) is 7.25. The van der Waals surface area contributed by atoms with Crippen molar-refractivity contribution >= 4 is 11.6 Å². The van der Waals surface area contributed by atoms with Gasteiger partial charge in [0, 0.05) is 24.4 Å². The van der Waals surface area contributed by atoms with E-state index in [2.05, 4.69) is 58.0 Å². The topological polar surface area (TPSA) is 59.8 Å². The molecule has 0 radical (unpaired) electrons. The highest BCUT2D eigenvalue weighted by Gasteiger charge is 2.05. The van der Waals surface area contributed by atoms with Gasteiger partial charge in [-0.2, -0.15) is 5.10 Å². The van der Waals surface area contributed by atoms with Crippen LogP contribution in [0, 0.1) is 0 Å². The van der Waals surface area contributed by atoms with Crippen molar-refractivity contribution in [3.05, 3.63) is 103 Å². The second kappa shape index (κ2) is 9.65. The molecule has 0 aliphatic rings. The maximum atomic E-state index is 12.0. The van der Waals surface area contributed by atoms with Crippen LogP contribution in [0.1, 0.15) is 24.0 Å². The summed E-state index contributed by atoms with van der Waals surface area (Å²) in [4.78, 5) is 16.0. The maximum Gasteiger partial charge on any atom is 0.224 e. The third-order valence-electron chi connectivity index (χ3n) is 4.92. The van der Waals surface area contributed by atoms with Gasteiger partial charge >= 0.3 is 0 Å². The number of rotatable bonds is 8. The van der Waals surface area contributed by atoms with Crippen molar-refractivity contribution in [2.45, 2.75) is 25.8 Å². The molecule has 2 heterocycles. The van der Waals surface area contributed by atoms with Crippen molar-refractivity contribution in [3.63, 3.8) is 0 Å². The number of nitrogens with one attached hydrogen (secondary N) is 1. The number of aromatic nitrogens is 3. The summed E-state index contributed by atoms with van der Waals surface area (Å²) in [6, 6.07) is 22.5. The van der Waals surface area contributed by atoms with Gasteiger partial charge in [-0.1, -0.05) is 54.6 Å². The number of carbonyl (C=O) groups is 1. The summed E-state index contributed by atoms with van der Waals surface area (Å²) in [5.41, 5.74) is 5.44. The molecule has 150 valence electrons. The molecule has 0 saturated heterocycles. The Labute approximate surface area is 176 Å². The standard InChI is InChI=1S/C25H24N4O/c30-25(28-24-9-5-15-26-17-24)10-4-8-20-11-13-22(14-12-20)23-16-27-29(19-23)18-21-6-2-1-3-7-21/h1-3,5-7,9,11-17,19H,4,8,10,18H2,(H,28,30). The van der Waals surface area contributed by atoms with Crippen LogP contribution < -0.4 is 5.32 Å². The van der Waals surface area contributed by atoms with E-state index in [1.807, 2.05) is 41.2 Å². The van der Waals surface area contributed by atoms with Gasteiger partial charge in [0.1, 0.15) is 0 Å². The van der Waals surface area contributed by atoms with E-state index in [1.165, 1.54) is 11.1 Å². The molecule has 0 bridgehead atoms. The minimum Gasteiger partial charge on any atom is -0.325 e. The Bertz CT molecular complexity index is 1070. The minimum atomic E-state index is 0.0189. The summed E-state index contributed by atoms with van der Waals surface area (Å²) in [6.07, 6.45) is 9.48. The third-order valence-corrected chi connectivity index (χ3v) is 4.92. The Hall–Kier alpha value is -3.73. The fourth-order valence-corrected chi connectivity index (χ4v) is 3.35. The van der Waals surface area contributed by atoms with Gasteiger partial charge in [0.15, 0.2) is 0 Å². The molecule has 0 unspecified atom stereocenters. The van der Waals surface area contributed by atoms with Gasteiger partial charge in [-0.25, -0.2) is 0 Å². The van der Waals surface area contributed by atoms with Crippen molar-refractivity contribution in [2.75, 3.05) is 5.32 Å². The molecular formula is C25H24N4O. The molecule has 4 rings (SSSR count). The van der Waals surface area contributed by atoms with Crippen LogP contribution in [0.15, 0.2) is 91.5 Å². The third kappa shape index (κ3) is 5.41. The van der Waals surface area contributed by atoms with Crippen molar-refractivity contribution in [1.29, 1.82) is 0 Å². The fourth-order valence-electron chi connectivity index (χ4n) is 3.35. The second-order valence-electron chi connectivity index (χ2n) is 7.25. The van der Waals surface area contributed by atoms with Crippen LogP contribution in [-0.4, -0.2) is 20.7 Å². The van der Waals surface area contributed by atoms with E-state index >= 15 is 0 Å². The zero-order valence-electron chi connectivity index (χ0n) is 16.7. The Morgan fingerprint density at radius 1 is 0.867 bits per heavy atom. The monoisotopic (exact) mass is 396 g/mol. The summed E-state index contributed by atoms with van der Waals surface area (Å²) in [6.45, 7) is 0.764. The predicted molar refractivity (Wildman–Crippen MR) is 119 cm³/mol. The van der Waals surface area contributed by atoms with Crippen LogP contribution in [0.2, 0.25) is 0 Å². The van der Waals surface area contributed by atoms with Crippen molar-refractivity contribution in [1.82, 2.24) is 14.8 Å². The number of nitrogens with zero attached hydrogens (tertiary/aromatic N) is 3. The Morgan fingerprint density at radius 3 is 2.47 bits per heavy atom. The lowest BCUT2D eigenvalue weighted by Gasteiger charge is -2.05. The van der Waals surface area contributed by atoms with Crippen molar-refractivity contribution in [3.8, 4) is 11.1 Å². The first kappa shape index (κ1) is 19.6. The fraction of sp³-hybridized carbons (Fsp3) is 0.160. The Kier molecular flexibility index (Phi) is 6.30. The normalized spacial score (nSPS) is 10.7. The van der Waals surface area contributed by atoms with E-state index in [9.17, 15) is 4.79 Å². The molecule has 0 spiro atoms. The number of carbonyl (C=O) groups excluding carboxylic acids is 1. The van der Waals surface area contributed by atoms with E-state index in [4.69, 9.17) is 0 Å². The molecule has 0 atom stereocenters. The van der Waals surface area contributed by atoms with Crippen LogP contribution in [-0.2, 0) is 17.8 Å². The van der Waals surface area contributed by atoms with Gasteiger partial charge in [0.05, 0.1) is 24.6 Å². The molecule has 0 aliphatic carbocycles. The average Bonchev–Trinajstić information content (AvgIpc) is 3.24. The molecule has 0 aliphatic heterocycles. The molecular weight excluding hydrogens is 372 g/mol. The number of pyridine rings is 1. The predicted octanol–water partition coefficient (Wildman–Crippen LogP) is 4.95. The molecule has 4 aromatic rings. The van der Waals surface area contributed by atoms with Crippen LogP contribution in [0.3, 0.4) is 0 Å². The SMILES string of the molecule is O=C(CCCc1ccc(-c2cnn(Cc3ccccc3)c2)cc1)Nc1cccnc1. The lowest BCUT2D eigenvalue weighted by atomic mass is 10.0. The van der Waals surface area contributed by atoms with E-state index in [0.717, 1.165) is 36.2 Å². The van der Waals surface area contributed by atoms with Crippen LogP contribution >= 0.6 is 0 Å². The van der Waals surface area contributed by atoms with Crippen LogP contribution in [0.25, 0.3) is 11.1 Å². The molecule has 2 aromatic heterocycles. The molecule has 0 saturated carbocycles. The lowest BCUT2D eigenvalue weighted by molar-refractivity contribution is -0.116. The first-order valence-corrected chi connectivity index (χ1v) is 10.1. The number of aryl methyl sites for hydroxylation is 1. The molecule has 5 heteroatoms.